The summed E-state index contributed by atoms with van der Waals surface area (Å²) in [4.78, 5) is 9.14. The van der Waals surface area contributed by atoms with Crippen LogP contribution in [-0.4, -0.2) is 56.7 Å². The molecule has 5 nitrogen and oxygen atoms in total. The van der Waals surface area contributed by atoms with Crippen LogP contribution in [-0.2, 0) is 0 Å². The number of guanidine groups is 1. The Morgan fingerprint density at radius 1 is 1.30 bits per heavy atom. The standard InChI is InChI=1S/C17H28ClN5/c1-2-3-7-20-17(19)21-8-9-22-10-12-23(13-11-22)16-6-4-5-15(18)14-16/h4-6,14H,2-3,7-13H2,1H3,(H3,19,20,21). The molecule has 0 amide bonds. The fraction of sp³-hybridized carbons (Fsp3) is 0.588. The summed E-state index contributed by atoms with van der Waals surface area (Å²) in [6.45, 7) is 8.98. The molecule has 2 rings (SSSR count). The molecule has 0 aromatic heterocycles. The number of nitrogens with one attached hydrogen (secondary N) is 1. The van der Waals surface area contributed by atoms with Crippen molar-refractivity contribution in [1.29, 1.82) is 0 Å². The molecule has 0 atom stereocenters. The topological polar surface area (TPSA) is 56.9 Å². The lowest BCUT2D eigenvalue weighted by molar-refractivity contribution is 0.261. The van der Waals surface area contributed by atoms with Gasteiger partial charge in [0.05, 0.1) is 0 Å². The van der Waals surface area contributed by atoms with Gasteiger partial charge in [-0.15, -0.1) is 0 Å². The molecule has 0 radical (unpaired) electrons. The van der Waals surface area contributed by atoms with Gasteiger partial charge in [0.1, 0.15) is 0 Å². The Hall–Kier alpha value is -1.46. The summed E-state index contributed by atoms with van der Waals surface area (Å²) in [7, 11) is 0. The van der Waals surface area contributed by atoms with E-state index in [1.807, 2.05) is 18.2 Å². The minimum absolute atomic E-state index is 0.566. The minimum Gasteiger partial charge on any atom is -0.370 e. The van der Waals surface area contributed by atoms with Gasteiger partial charge in [-0.1, -0.05) is 31.0 Å². The van der Waals surface area contributed by atoms with Crippen LogP contribution in [0.15, 0.2) is 29.3 Å². The SMILES string of the molecule is CCCCN=C(N)NCCN1CCN(c2cccc(Cl)c2)CC1. The summed E-state index contributed by atoms with van der Waals surface area (Å²) in [5.74, 6) is 0.566. The van der Waals surface area contributed by atoms with Gasteiger partial charge in [-0.3, -0.25) is 9.89 Å². The van der Waals surface area contributed by atoms with Crippen molar-refractivity contribution in [2.45, 2.75) is 19.8 Å². The molecule has 1 heterocycles. The van der Waals surface area contributed by atoms with E-state index < -0.39 is 0 Å². The van der Waals surface area contributed by atoms with Crippen LogP contribution < -0.4 is 16.0 Å². The highest BCUT2D eigenvalue weighted by Gasteiger charge is 2.16. The average molecular weight is 338 g/mol. The summed E-state index contributed by atoms with van der Waals surface area (Å²) in [6.07, 6.45) is 2.24. The third-order valence-electron chi connectivity index (χ3n) is 4.07. The minimum atomic E-state index is 0.566. The van der Waals surface area contributed by atoms with Crippen LogP contribution in [0, 0.1) is 0 Å². The van der Waals surface area contributed by atoms with Crippen molar-refractivity contribution in [3.05, 3.63) is 29.3 Å². The smallest absolute Gasteiger partial charge is 0.188 e. The maximum atomic E-state index is 6.07. The number of nitrogens with zero attached hydrogens (tertiary/aromatic N) is 3. The average Bonchev–Trinajstić information content (AvgIpc) is 2.56. The molecule has 1 aromatic rings. The Bertz CT molecular complexity index is 498. The lowest BCUT2D eigenvalue weighted by atomic mass is 10.2. The number of unbranched alkanes of at least 4 members (excludes halogenated alkanes) is 1. The third kappa shape index (κ3) is 6.28. The molecule has 1 aromatic carbocycles. The fourth-order valence-corrected chi connectivity index (χ4v) is 2.84. The number of benzene rings is 1. The molecule has 128 valence electrons. The molecular formula is C17H28ClN5. The second kappa shape index (κ2) is 9.63. The van der Waals surface area contributed by atoms with Crippen LogP contribution in [0.2, 0.25) is 5.02 Å². The van der Waals surface area contributed by atoms with Crippen molar-refractivity contribution in [3.8, 4) is 0 Å². The Balaban J connectivity index is 1.66. The van der Waals surface area contributed by atoms with E-state index in [9.17, 15) is 0 Å². The molecule has 1 aliphatic heterocycles. The number of nitrogens with two attached hydrogens (primary N) is 1. The molecule has 1 saturated heterocycles. The molecule has 0 spiro atoms. The first-order chi connectivity index (χ1) is 11.2. The van der Waals surface area contributed by atoms with Gasteiger partial charge < -0.3 is 16.0 Å². The van der Waals surface area contributed by atoms with Gasteiger partial charge >= 0.3 is 0 Å². The van der Waals surface area contributed by atoms with Crippen LogP contribution in [0.5, 0.6) is 0 Å². The molecule has 3 N–H and O–H groups in total. The van der Waals surface area contributed by atoms with Crippen LogP contribution in [0.3, 0.4) is 0 Å². The van der Waals surface area contributed by atoms with E-state index in [-0.39, 0.29) is 0 Å². The van der Waals surface area contributed by atoms with Gasteiger partial charge in [-0.25, -0.2) is 0 Å². The number of rotatable bonds is 7. The molecular weight excluding hydrogens is 310 g/mol. The maximum Gasteiger partial charge on any atom is 0.188 e. The van der Waals surface area contributed by atoms with Gasteiger partial charge in [0.25, 0.3) is 0 Å². The molecule has 0 aliphatic carbocycles. The lowest BCUT2D eigenvalue weighted by Gasteiger charge is -2.36. The van der Waals surface area contributed by atoms with E-state index in [0.717, 1.165) is 63.7 Å². The van der Waals surface area contributed by atoms with Gasteiger partial charge in [-0.2, -0.15) is 0 Å². The van der Waals surface area contributed by atoms with E-state index in [0.29, 0.717) is 5.96 Å². The Morgan fingerprint density at radius 2 is 2.09 bits per heavy atom. The number of anilines is 1. The molecule has 0 bridgehead atoms. The Kier molecular flexibility index (Phi) is 7.49. The van der Waals surface area contributed by atoms with Crippen LogP contribution >= 0.6 is 11.6 Å². The summed E-state index contributed by atoms with van der Waals surface area (Å²) in [5, 5.41) is 3.99. The summed E-state index contributed by atoms with van der Waals surface area (Å²) in [6, 6.07) is 8.08. The van der Waals surface area contributed by atoms with E-state index in [2.05, 4.69) is 33.1 Å². The first-order valence-electron chi connectivity index (χ1n) is 8.45. The second-order valence-electron chi connectivity index (χ2n) is 5.86. The summed E-state index contributed by atoms with van der Waals surface area (Å²) in [5.41, 5.74) is 7.05. The van der Waals surface area contributed by atoms with Crippen LogP contribution in [0.4, 0.5) is 5.69 Å². The number of halogens is 1. The van der Waals surface area contributed by atoms with Gasteiger partial charge in [0.15, 0.2) is 5.96 Å². The molecule has 0 saturated carbocycles. The Morgan fingerprint density at radius 3 is 2.78 bits per heavy atom. The lowest BCUT2D eigenvalue weighted by Crippen LogP contribution is -2.49. The van der Waals surface area contributed by atoms with Gasteiger partial charge in [-0.05, 0) is 24.6 Å². The number of hydrogen-bond donors (Lipinski definition) is 2. The largest absolute Gasteiger partial charge is 0.370 e. The molecule has 0 unspecified atom stereocenters. The van der Waals surface area contributed by atoms with Gasteiger partial charge in [0, 0.05) is 56.5 Å². The highest BCUT2D eigenvalue weighted by Crippen LogP contribution is 2.20. The normalized spacial score (nSPS) is 16.6. The van der Waals surface area contributed by atoms with Crippen molar-refractivity contribution < 1.29 is 0 Å². The first kappa shape index (κ1) is 17.9. The van der Waals surface area contributed by atoms with Crippen molar-refractivity contribution in [3.63, 3.8) is 0 Å². The van der Waals surface area contributed by atoms with Crippen molar-refractivity contribution in [2.75, 3.05) is 50.7 Å². The molecule has 1 aliphatic rings. The molecule has 6 heteroatoms. The van der Waals surface area contributed by atoms with E-state index in [1.165, 1.54) is 5.69 Å². The maximum absolute atomic E-state index is 6.07. The predicted octanol–water partition coefficient (Wildman–Crippen LogP) is 2.17. The third-order valence-corrected chi connectivity index (χ3v) is 4.31. The zero-order valence-electron chi connectivity index (χ0n) is 14.0. The number of piperazine rings is 1. The van der Waals surface area contributed by atoms with E-state index >= 15 is 0 Å². The molecule has 23 heavy (non-hydrogen) atoms. The van der Waals surface area contributed by atoms with Crippen LogP contribution in [0.1, 0.15) is 19.8 Å². The summed E-state index contributed by atoms with van der Waals surface area (Å²) < 4.78 is 0. The van der Waals surface area contributed by atoms with E-state index in [1.54, 1.807) is 0 Å². The monoisotopic (exact) mass is 337 g/mol. The Labute approximate surface area is 144 Å². The number of hydrogen-bond acceptors (Lipinski definition) is 3. The predicted molar refractivity (Wildman–Crippen MR) is 99.5 cm³/mol. The summed E-state index contributed by atoms with van der Waals surface area (Å²) >= 11 is 6.07. The quantitative estimate of drug-likeness (QED) is 0.455. The highest BCUT2D eigenvalue weighted by atomic mass is 35.5. The zero-order valence-corrected chi connectivity index (χ0v) is 14.7. The second-order valence-corrected chi connectivity index (χ2v) is 6.29. The van der Waals surface area contributed by atoms with Crippen molar-refractivity contribution in [2.24, 2.45) is 10.7 Å². The van der Waals surface area contributed by atoms with E-state index in [4.69, 9.17) is 17.3 Å². The van der Waals surface area contributed by atoms with Crippen molar-refractivity contribution in [1.82, 2.24) is 10.2 Å². The number of aliphatic imine (C=N–C) groups is 1. The first-order valence-corrected chi connectivity index (χ1v) is 8.83. The van der Waals surface area contributed by atoms with Gasteiger partial charge in [0.2, 0.25) is 0 Å². The fourth-order valence-electron chi connectivity index (χ4n) is 2.66. The highest BCUT2D eigenvalue weighted by molar-refractivity contribution is 6.30. The molecule has 1 fully saturated rings. The van der Waals surface area contributed by atoms with Crippen molar-refractivity contribution >= 4 is 23.2 Å². The van der Waals surface area contributed by atoms with Crippen LogP contribution in [0.25, 0.3) is 0 Å². The zero-order chi connectivity index (χ0) is 16.5.